The molecule has 0 spiro atoms. The Labute approximate surface area is 111 Å². The zero-order valence-electron chi connectivity index (χ0n) is 8.97. The molecule has 0 aromatic heterocycles. The summed E-state index contributed by atoms with van der Waals surface area (Å²) >= 11 is 6.76. The number of nitrogens with two attached hydrogens (primary N) is 1. The molecule has 96 valence electrons. The van der Waals surface area contributed by atoms with E-state index in [0.29, 0.717) is 4.90 Å². The Hall–Kier alpha value is -1.73. The van der Waals surface area contributed by atoms with Gasteiger partial charge in [0, 0.05) is 4.90 Å². The standard InChI is InChI=1S/C10H9ClN2O4S/c11-7-2-1-5(3-6(7)9(15)16)18-4-8(14)13-10(12)17/h1-3H,4H2,(H,15,16)(H3,12,13,14,17). The molecule has 1 aromatic carbocycles. The smallest absolute Gasteiger partial charge is 0.337 e. The van der Waals surface area contributed by atoms with Crippen molar-refractivity contribution in [2.75, 3.05) is 5.75 Å². The van der Waals surface area contributed by atoms with Gasteiger partial charge in [-0.3, -0.25) is 10.1 Å². The SMILES string of the molecule is NC(=O)NC(=O)CSc1ccc(Cl)c(C(=O)O)c1. The third-order valence-electron chi connectivity index (χ3n) is 1.80. The molecular formula is C10H9ClN2O4S. The predicted octanol–water partition coefficient (Wildman–Crippen LogP) is 1.33. The number of carbonyl (C=O) groups excluding carboxylic acids is 2. The minimum atomic E-state index is -1.15. The number of primary amides is 1. The maximum Gasteiger partial charge on any atom is 0.337 e. The summed E-state index contributed by atoms with van der Waals surface area (Å²) in [5.74, 6) is -1.76. The van der Waals surface area contributed by atoms with Crippen LogP contribution in [0.3, 0.4) is 0 Å². The second kappa shape index (κ2) is 6.27. The first-order valence-electron chi connectivity index (χ1n) is 4.65. The number of imide groups is 1. The number of thioether (sulfide) groups is 1. The quantitative estimate of drug-likeness (QED) is 0.724. The van der Waals surface area contributed by atoms with Crippen LogP contribution in [0.5, 0.6) is 0 Å². The second-order valence-electron chi connectivity index (χ2n) is 3.15. The maximum atomic E-state index is 11.1. The van der Waals surface area contributed by atoms with E-state index in [1.807, 2.05) is 5.32 Å². The fourth-order valence-corrected chi connectivity index (χ4v) is 2.01. The number of carboxylic acid groups (broad SMARTS) is 1. The summed E-state index contributed by atoms with van der Waals surface area (Å²) in [6, 6.07) is 3.44. The predicted molar refractivity (Wildman–Crippen MR) is 66.9 cm³/mol. The first kappa shape index (κ1) is 14.3. The van der Waals surface area contributed by atoms with Crippen molar-refractivity contribution in [3.8, 4) is 0 Å². The van der Waals surface area contributed by atoms with Gasteiger partial charge in [-0.05, 0) is 18.2 Å². The van der Waals surface area contributed by atoms with Gasteiger partial charge in [0.2, 0.25) is 5.91 Å². The molecule has 0 aliphatic rings. The van der Waals surface area contributed by atoms with Crippen LogP contribution in [0, 0.1) is 0 Å². The molecule has 0 unspecified atom stereocenters. The number of carbonyl (C=O) groups is 3. The molecule has 0 radical (unpaired) electrons. The van der Waals surface area contributed by atoms with Crippen LogP contribution in [-0.4, -0.2) is 28.8 Å². The third kappa shape index (κ3) is 4.27. The average Bonchev–Trinajstić information content (AvgIpc) is 2.26. The van der Waals surface area contributed by atoms with Crippen LogP contribution in [0.4, 0.5) is 4.79 Å². The molecule has 1 rings (SSSR count). The van der Waals surface area contributed by atoms with Crippen molar-refractivity contribution in [3.05, 3.63) is 28.8 Å². The van der Waals surface area contributed by atoms with Gasteiger partial charge in [0.15, 0.2) is 0 Å². The van der Waals surface area contributed by atoms with Crippen LogP contribution in [0.2, 0.25) is 5.02 Å². The van der Waals surface area contributed by atoms with E-state index >= 15 is 0 Å². The molecule has 18 heavy (non-hydrogen) atoms. The first-order valence-corrected chi connectivity index (χ1v) is 6.01. The van der Waals surface area contributed by atoms with Gasteiger partial charge in [-0.2, -0.15) is 0 Å². The zero-order chi connectivity index (χ0) is 13.7. The van der Waals surface area contributed by atoms with Crippen LogP contribution < -0.4 is 11.1 Å². The number of urea groups is 1. The van der Waals surface area contributed by atoms with E-state index < -0.39 is 17.9 Å². The molecule has 0 heterocycles. The van der Waals surface area contributed by atoms with Gasteiger partial charge in [0.1, 0.15) is 0 Å². The topological polar surface area (TPSA) is 109 Å². The molecule has 6 nitrogen and oxygen atoms in total. The van der Waals surface area contributed by atoms with Gasteiger partial charge in [-0.1, -0.05) is 11.6 Å². The minimum absolute atomic E-state index is 0.0445. The lowest BCUT2D eigenvalue weighted by atomic mass is 10.2. The fraction of sp³-hybridized carbons (Fsp3) is 0.100. The third-order valence-corrected chi connectivity index (χ3v) is 3.12. The van der Waals surface area contributed by atoms with Crippen molar-refractivity contribution in [2.24, 2.45) is 5.73 Å². The van der Waals surface area contributed by atoms with Crippen molar-refractivity contribution in [2.45, 2.75) is 4.90 Å². The minimum Gasteiger partial charge on any atom is -0.478 e. The van der Waals surface area contributed by atoms with Crippen LogP contribution in [-0.2, 0) is 4.79 Å². The Morgan fingerprint density at radius 1 is 1.39 bits per heavy atom. The molecule has 1 aromatic rings. The first-order chi connectivity index (χ1) is 8.40. The lowest BCUT2D eigenvalue weighted by Gasteiger charge is -2.04. The summed E-state index contributed by atoms with van der Waals surface area (Å²) in [6.45, 7) is 0. The number of aromatic carboxylic acids is 1. The highest BCUT2D eigenvalue weighted by Crippen LogP contribution is 2.24. The summed E-state index contributed by atoms with van der Waals surface area (Å²) in [7, 11) is 0. The number of benzene rings is 1. The number of nitrogens with one attached hydrogen (secondary N) is 1. The van der Waals surface area contributed by atoms with E-state index in [4.69, 9.17) is 22.4 Å². The summed E-state index contributed by atoms with van der Waals surface area (Å²) < 4.78 is 0. The van der Waals surface area contributed by atoms with Gasteiger partial charge < -0.3 is 10.8 Å². The van der Waals surface area contributed by atoms with Crippen molar-refractivity contribution >= 4 is 41.3 Å². The number of amides is 3. The molecule has 8 heteroatoms. The van der Waals surface area contributed by atoms with Crippen LogP contribution in [0.1, 0.15) is 10.4 Å². The summed E-state index contributed by atoms with van der Waals surface area (Å²) in [4.78, 5) is 32.9. The molecule has 0 bridgehead atoms. The van der Waals surface area contributed by atoms with E-state index in [1.54, 1.807) is 6.07 Å². The summed E-state index contributed by atoms with van der Waals surface area (Å²) in [5.41, 5.74) is 4.73. The lowest BCUT2D eigenvalue weighted by molar-refractivity contribution is -0.117. The number of halogens is 1. The Kier molecular flexibility index (Phi) is 4.99. The maximum absolute atomic E-state index is 11.1. The summed E-state index contributed by atoms with van der Waals surface area (Å²) in [5, 5.41) is 10.9. The Morgan fingerprint density at radius 3 is 2.61 bits per heavy atom. The molecule has 0 atom stereocenters. The van der Waals surface area contributed by atoms with Crippen LogP contribution in [0.25, 0.3) is 0 Å². The molecule has 0 fully saturated rings. The van der Waals surface area contributed by atoms with Gasteiger partial charge in [-0.15, -0.1) is 11.8 Å². The average molecular weight is 289 g/mol. The Bertz CT molecular complexity index is 507. The molecule has 0 aliphatic carbocycles. The Balaban J connectivity index is 2.69. The fourth-order valence-electron chi connectivity index (χ4n) is 1.08. The Morgan fingerprint density at radius 2 is 2.06 bits per heavy atom. The molecular weight excluding hydrogens is 280 g/mol. The van der Waals surface area contributed by atoms with Crippen molar-refractivity contribution in [1.29, 1.82) is 0 Å². The van der Waals surface area contributed by atoms with E-state index in [1.165, 1.54) is 12.1 Å². The van der Waals surface area contributed by atoms with Crippen molar-refractivity contribution in [3.63, 3.8) is 0 Å². The largest absolute Gasteiger partial charge is 0.478 e. The van der Waals surface area contributed by atoms with E-state index in [-0.39, 0.29) is 16.3 Å². The highest BCUT2D eigenvalue weighted by atomic mass is 35.5. The molecule has 4 N–H and O–H groups in total. The van der Waals surface area contributed by atoms with Crippen molar-refractivity contribution < 1.29 is 19.5 Å². The zero-order valence-corrected chi connectivity index (χ0v) is 10.5. The van der Waals surface area contributed by atoms with E-state index in [2.05, 4.69) is 0 Å². The van der Waals surface area contributed by atoms with Crippen LogP contribution >= 0.6 is 23.4 Å². The highest BCUT2D eigenvalue weighted by Gasteiger charge is 2.11. The normalized spacial score (nSPS) is 9.83. The van der Waals surface area contributed by atoms with Gasteiger partial charge in [-0.25, -0.2) is 9.59 Å². The summed E-state index contributed by atoms with van der Waals surface area (Å²) in [6.07, 6.45) is 0. The lowest BCUT2D eigenvalue weighted by Crippen LogP contribution is -2.36. The highest BCUT2D eigenvalue weighted by molar-refractivity contribution is 8.00. The number of hydrogen-bond donors (Lipinski definition) is 3. The molecule has 0 saturated heterocycles. The van der Waals surface area contributed by atoms with E-state index in [9.17, 15) is 14.4 Å². The number of hydrogen-bond acceptors (Lipinski definition) is 4. The van der Waals surface area contributed by atoms with Gasteiger partial charge in [0.25, 0.3) is 0 Å². The molecule has 0 aliphatic heterocycles. The van der Waals surface area contributed by atoms with Crippen molar-refractivity contribution in [1.82, 2.24) is 5.32 Å². The van der Waals surface area contributed by atoms with Gasteiger partial charge in [0.05, 0.1) is 16.3 Å². The van der Waals surface area contributed by atoms with Gasteiger partial charge >= 0.3 is 12.0 Å². The second-order valence-corrected chi connectivity index (χ2v) is 4.60. The molecule has 3 amide bonds. The number of rotatable bonds is 4. The van der Waals surface area contributed by atoms with E-state index in [0.717, 1.165) is 11.8 Å². The molecule has 0 saturated carbocycles. The number of carboxylic acids is 1. The monoisotopic (exact) mass is 288 g/mol. The van der Waals surface area contributed by atoms with Crippen LogP contribution in [0.15, 0.2) is 23.1 Å².